The second-order valence-corrected chi connectivity index (χ2v) is 12.1. The molecule has 0 bridgehead atoms. The molecule has 2 aliphatic carbocycles. The number of carbonyl (C=O) groups excluding carboxylic acids is 2. The van der Waals surface area contributed by atoms with Gasteiger partial charge in [-0.1, -0.05) is 51.5 Å². The summed E-state index contributed by atoms with van der Waals surface area (Å²) >= 11 is 6.93. The van der Waals surface area contributed by atoms with E-state index in [1.807, 2.05) is 13.8 Å². The molecule has 2 aromatic carbocycles. The maximum Gasteiger partial charge on any atom is 0.416 e. The van der Waals surface area contributed by atoms with Crippen molar-refractivity contribution < 1.29 is 45.4 Å². The number of benzene rings is 2. The van der Waals surface area contributed by atoms with E-state index in [9.17, 15) is 35.9 Å². The van der Waals surface area contributed by atoms with E-state index in [-0.39, 0.29) is 36.5 Å². The standard InChI is InChI=1S/C30H31ClF6O4/c1-16(2)22-9-8-17(3)12-24(22)40-27(39)28(31)11-10-18-6-4-5-7-23(18)25(28)41-26(38)19-13-20(29(32,33)34)15-21(14-19)30(35,36)37/h4-7,13-17,22,24-25H,8-12H2,1-3H3/t17-,22+,24-,25+,28-/m0/s1. The van der Waals surface area contributed by atoms with Gasteiger partial charge in [-0.25, -0.2) is 9.59 Å². The van der Waals surface area contributed by atoms with Crippen LogP contribution < -0.4 is 0 Å². The monoisotopic (exact) mass is 604 g/mol. The summed E-state index contributed by atoms with van der Waals surface area (Å²) in [7, 11) is 0. The van der Waals surface area contributed by atoms with Gasteiger partial charge in [0.25, 0.3) is 0 Å². The lowest BCUT2D eigenvalue weighted by atomic mass is 9.75. The van der Waals surface area contributed by atoms with Crippen LogP contribution in [0.25, 0.3) is 0 Å². The average Bonchev–Trinajstić information content (AvgIpc) is 2.88. The van der Waals surface area contributed by atoms with E-state index in [2.05, 4.69) is 6.92 Å². The normalized spacial score (nSPS) is 26.8. The Hall–Kier alpha value is -2.75. The van der Waals surface area contributed by atoms with Crippen molar-refractivity contribution in [2.45, 2.75) is 82.3 Å². The van der Waals surface area contributed by atoms with Crippen molar-refractivity contribution in [1.82, 2.24) is 0 Å². The second kappa shape index (κ2) is 11.5. The van der Waals surface area contributed by atoms with Gasteiger partial charge in [-0.3, -0.25) is 0 Å². The molecule has 224 valence electrons. The molecule has 0 N–H and O–H groups in total. The molecule has 11 heteroatoms. The molecule has 4 rings (SSSR count). The summed E-state index contributed by atoms with van der Waals surface area (Å²) in [4.78, 5) is 25.0. The van der Waals surface area contributed by atoms with E-state index in [1.54, 1.807) is 24.3 Å². The van der Waals surface area contributed by atoms with Gasteiger partial charge in [0.2, 0.25) is 0 Å². The number of aryl methyl sites for hydroxylation is 1. The van der Waals surface area contributed by atoms with Gasteiger partial charge in [-0.2, -0.15) is 26.3 Å². The number of hydrogen-bond donors (Lipinski definition) is 0. The minimum atomic E-state index is -5.15. The highest BCUT2D eigenvalue weighted by molar-refractivity contribution is 6.34. The van der Waals surface area contributed by atoms with E-state index < -0.39 is 58.1 Å². The molecule has 2 aromatic rings. The van der Waals surface area contributed by atoms with E-state index in [4.69, 9.17) is 21.1 Å². The third kappa shape index (κ3) is 6.68. The third-order valence-corrected chi connectivity index (χ3v) is 8.66. The smallest absolute Gasteiger partial charge is 0.416 e. The molecule has 5 atom stereocenters. The molecular weight excluding hydrogens is 574 g/mol. The lowest BCUT2D eigenvalue weighted by molar-refractivity contribution is -0.163. The predicted octanol–water partition coefficient (Wildman–Crippen LogP) is 8.55. The van der Waals surface area contributed by atoms with Gasteiger partial charge in [-0.15, -0.1) is 11.6 Å². The minimum Gasteiger partial charge on any atom is -0.461 e. The Labute approximate surface area is 239 Å². The first-order valence-corrected chi connectivity index (χ1v) is 13.9. The van der Waals surface area contributed by atoms with E-state index >= 15 is 0 Å². The topological polar surface area (TPSA) is 52.6 Å². The number of halogens is 7. The maximum atomic E-state index is 13.7. The van der Waals surface area contributed by atoms with E-state index in [1.165, 1.54) is 0 Å². The van der Waals surface area contributed by atoms with Crippen molar-refractivity contribution in [2.75, 3.05) is 0 Å². The van der Waals surface area contributed by atoms with Gasteiger partial charge in [0.15, 0.2) is 11.0 Å². The van der Waals surface area contributed by atoms with Crippen LogP contribution >= 0.6 is 11.6 Å². The Balaban J connectivity index is 1.70. The molecule has 1 fully saturated rings. The van der Waals surface area contributed by atoms with Gasteiger partial charge in [0.1, 0.15) is 6.10 Å². The molecule has 0 spiro atoms. The van der Waals surface area contributed by atoms with Crippen LogP contribution in [0.1, 0.15) is 85.2 Å². The first-order chi connectivity index (χ1) is 19.0. The van der Waals surface area contributed by atoms with Gasteiger partial charge in [0, 0.05) is 0 Å². The largest absolute Gasteiger partial charge is 0.461 e. The third-order valence-electron chi connectivity index (χ3n) is 8.12. The Bertz CT molecular complexity index is 1260. The fourth-order valence-corrected chi connectivity index (χ4v) is 6.11. The van der Waals surface area contributed by atoms with Crippen molar-refractivity contribution in [3.63, 3.8) is 0 Å². The highest BCUT2D eigenvalue weighted by Crippen LogP contribution is 2.47. The summed E-state index contributed by atoms with van der Waals surface area (Å²) in [5, 5.41) is 0. The molecule has 0 aromatic heterocycles. The van der Waals surface area contributed by atoms with Crippen molar-refractivity contribution in [3.05, 3.63) is 70.3 Å². The van der Waals surface area contributed by atoms with Gasteiger partial charge >= 0.3 is 24.3 Å². The first kappa shape index (κ1) is 31.2. The summed E-state index contributed by atoms with van der Waals surface area (Å²) in [6.45, 7) is 6.12. The molecule has 0 heterocycles. The van der Waals surface area contributed by atoms with Gasteiger partial charge in [0.05, 0.1) is 16.7 Å². The summed E-state index contributed by atoms with van der Waals surface area (Å²) < 4.78 is 92.1. The first-order valence-electron chi connectivity index (χ1n) is 13.5. The molecular formula is C30H31ClF6O4. The van der Waals surface area contributed by atoms with E-state index in [0.717, 1.165) is 12.8 Å². The second-order valence-electron chi connectivity index (χ2n) is 11.4. The zero-order chi connectivity index (χ0) is 30.3. The van der Waals surface area contributed by atoms with Crippen LogP contribution in [0.5, 0.6) is 0 Å². The average molecular weight is 605 g/mol. The molecule has 4 nitrogen and oxygen atoms in total. The summed E-state index contributed by atoms with van der Waals surface area (Å²) in [6, 6.07) is 7.11. The fraction of sp³-hybridized carbons (Fsp3) is 0.533. The predicted molar refractivity (Wildman–Crippen MR) is 139 cm³/mol. The Morgan fingerprint density at radius 3 is 2.15 bits per heavy atom. The lowest BCUT2D eigenvalue weighted by Crippen LogP contribution is -2.48. The Kier molecular flexibility index (Phi) is 8.75. The highest BCUT2D eigenvalue weighted by Gasteiger charge is 2.53. The zero-order valence-corrected chi connectivity index (χ0v) is 23.5. The van der Waals surface area contributed by atoms with Crippen LogP contribution in [0.4, 0.5) is 26.3 Å². The molecule has 0 aliphatic heterocycles. The van der Waals surface area contributed by atoms with Crippen LogP contribution in [0.2, 0.25) is 0 Å². The number of carbonyl (C=O) groups is 2. The zero-order valence-electron chi connectivity index (χ0n) is 22.7. The van der Waals surface area contributed by atoms with Crippen molar-refractivity contribution in [2.24, 2.45) is 17.8 Å². The molecule has 0 saturated heterocycles. The lowest BCUT2D eigenvalue weighted by Gasteiger charge is -2.41. The maximum absolute atomic E-state index is 13.7. The van der Waals surface area contributed by atoms with E-state index in [0.29, 0.717) is 29.9 Å². The Morgan fingerprint density at radius 2 is 1.56 bits per heavy atom. The van der Waals surface area contributed by atoms with Crippen LogP contribution in [-0.4, -0.2) is 22.9 Å². The number of esters is 2. The molecule has 41 heavy (non-hydrogen) atoms. The van der Waals surface area contributed by atoms with Crippen molar-refractivity contribution >= 4 is 23.5 Å². The van der Waals surface area contributed by atoms with Crippen molar-refractivity contribution in [3.8, 4) is 0 Å². The number of hydrogen-bond acceptors (Lipinski definition) is 4. The molecule has 0 amide bonds. The van der Waals surface area contributed by atoms with Gasteiger partial charge in [-0.05, 0) is 72.8 Å². The van der Waals surface area contributed by atoms with Gasteiger partial charge < -0.3 is 9.47 Å². The van der Waals surface area contributed by atoms with Crippen LogP contribution in [0.3, 0.4) is 0 Å². The van der Waals surface area contributed by atoms with Crippen LogP contribution in [0, 0.1) is 17.8 Å². The van der Waals surface area contributed by atoms with Crippen LogP contribution in [0.15, 0.2) is 42.5 Å². The Morgan fingerprint density at radius 1 is 0.951 bits per heavy atom. The fourth-order valence-electron chi connectivity index (χ4n) is 5.81. The quantitative estimate of drug-likeness (QED) is 0.195. The molecule has 1 saturated carbocycles. The molecule has 2 aliphatic rings. The SMILES string of the molecule is CC(C)[C@H]1CC[C@H](C)C[C@@H]1OC(=O)[C@]1(Cl)CCc2ccccc2[C@H]1OC(=O)c1cc(C(F)(F)F)cc(C(F)(F)F)c1. The number of alkyl halides is 7. The highest BCUT2D eigenvalue weighted by atomic mass is 35.5. The molecule has 0 radical (unpaired) electrons. The van der Waals surface area contributed by atoms with Crippen LogP contribution in [-0.2, 0) is 33.0 Å². The molecule has 0 unspecified atom stereocenters. The minimum absolute atomic E-state index is 0.0205. The number of rotatable bonds is 5. The summed E-state index contributed by atoms with van der Waals surface area (Å²) in [5.74, 6) is -1.71. The summed E-state index contributed by atoms with van der Waals surface area (Å²) in [5.41, 5.74) is -3.28. The number of ether oxygens (including phenoxy) is 2. The number of fused-ring (bicyclic) bond motifs is 1. The summed E-state index contributed by atoms with van der Waals surface area (Å²) in [6.07, 6.45) is -9.52. The van der Waals surface area contributed by atoms with Crippen molar-refractivity contribution in [1.29, 1.82) is 0 Å².